The van der Waals surface area contributed by atoms with Crippen LogP contribution in [-0.4, -0.2) is 34.7 Å². The number of halogens is 1. The fourth-order valence-electron chi connectivity index (χ4n) is 4.45. The van der Waals surface area contributed by atoms with Gasteiger partial charge in [-0.15, -0.1) is 0 Å². The van der Waals surface area contributed by atoms with Crippen LogP contribution >= 0.6 is 11.5 Å². The van der Waals surface area contributed by atoms with Gasteiger partial charge in [0.1, 0.15) is 22.5 Å². The molecule has 0 radical (unpaired) electrons. The molecule has 194 valence electrons. The van der Waals surface area contributed by atoms with Crippen molar-refractivity contribution in [2.24, 2.45) is 5.73 Å². The molecule has 2 aromatic carbocycles. The number of hydrogen-bond donors (Lipinski definition) is 3. The highest BCUT2D eigenvalue weighted by molar-refractivity contribution is 7.09. The molecule has 3 aromatic rings. The van der Waals surface area contributed by atoms with E-state index in [0.29, 0.717) is 35.1 Å². The molecule has 37 heavy (non-hydrogen) atoms. The Morgan fingerprint density at radius 3 is 2.46 bits per heavy atom. The van der Waals surface area contributed by atoms with Crippen molar-refractivity contribution in [2.75, 3.05) is 17.2 Å². The summed E-state index contributed by atoms with van der Waals surface area (Å²) in [6.07, 6.45) is 3.65. The van der Waals surface area contributed by atoms with E-state index >= 15 is 0 Å². The molecule has 0 aliphatic heterocycles. The first kappa shape index (κ1) is 26.1. The van der Waals surface area contributed by atoms with E-state index in [0.717, 1.165) is 25.7 Å². The van der Waals surface area contributed by atoms with Crippen molar-refractivity contribution in [1.82, 2.24) is 9.69 Å². The molecule has 3 amide bonds. The second-order valence-corrected chi connectivity index (χ2v) is 9.43. The summed E-state index contributed by atoms with van der Waals surface area (Å²) in [4.78, 5) is 41.0. The number of para-hydroxylation sites is 2. The molecule has 1 unspecified atom stereocenters. The molecule has 5 N–H and O–H groups in total. The number of aromatic nitrogens is 1. The Morgan fingerprint density at radius 1 is 1.16 bits per heavy atom. The molecule has 11 heteroatoms. The normalized spacial score (nSPS) is 14.2. The van der Waals surface area contributed by atoms with E-state index in [1.165, 1.54) is 29.2 Å². The maximum absolute atomic E-state index is 14.1. The molecule has 4 rings (SSSR count). The van der Waals surface area contributed by atoms with E-state index < -0.39 is 29.6 Å². The highest BCUT2D eigenvalue weighted by Crippen LogP contribution is 2.38. The topological polar surface area (TPSA) is 141 Å². The standard InChI is InChI=1S/C26H28FN5O4S/c1-2-36-19-10-6-5-9-18(19)32(26(35)23-20(28)21(24(29)33)31-37-23)22(15-11-13-16(27)14-12-15)25(34)30-17-7-3-4-8-17/h5-6,9-14,17,22H,2-4,7-8,28H2,1H3,(H2,29,33)(H,30,34). The second-order valence-electron chi connectivity index (χ2n) is 8.66. The molecule has 1 aromatic heterocycles. The Kier molecular flexibility index (Phi) is 8.02. The first-order chi connectivity index (χ1) is 17.8. The predicted octanol–water partition coefficient (Wildman–Crippen LogP) is 3.81. The number of nitrogens with one attached hydrogen (secondary N) is 1. The highest BCUT2D eigenvalue weighted by Gasteiger charge is 2.38. The van der Waals surface area contributed by atoms with Gasteiger partial charge >= 0.3 is 0 Å². The molecule has 0 saturated heterocycles. The molecular weight excluding hydrogens is 497 g/mol. The van der Waals surface area contributed by atoms with Gasteiger partial charge < -0.3 is 21.5 Å². The average molecular weight is 526 g/mol. The molecule has 0 spiro atoms. The van der Waals surface area contributed by atoms with Crippen LogP contribution in [0, 0.1) is 5.82 Å². The summed E-state index contributed by atoms with van der Waals surface area (Å²) in [7, 11) is 0. The lowest BCUT2D eigenvalue weighted by molar-refractivity contribution is -0.123. The zero-order valence-corrected chi connectivity index (χ0v) is 21.1. The number of carbonyl (C=O) groups is 3. The number of nitrogens with zero attached hydrogens (tertiary/aromatic N) is 2. The number of primary amides is 1. The van der Waals surface area contributed by atoms with Gasteiger partial charge in [0.15, 0.2) is 5.69 Å². The number of carbonyl (C=O) groups excluding carboxylic acids is 3. The van der Waals surface area contributed by atoms with Crippen LogP contribution < -0.4 is 26.4 Å². The van der Waals surface area contributed by atoms with Gasteiger partial charge in [0.2, 0.25) is 5.91 Å². The molecular formula is C26H28FN5O4S. The number of amides is 3. The first-order valence-corrected chi connectivity index (χ1v) is 12.7. The van der Waals surface area contributed by atoms with Crippen LogP contribution in [0.2, 0.25) is 0 Å². The fraction of sp³-hybridized carbons (Fsp3) is 0.308. The van der Waals surface area contributed by atoms with Gasteiger partial charge in [0, 0.05) is 6.04 Å². The Morgan fingerprint density at radius 2 is 1.84 bits per heavy atom. The van der Waals surface area contributed by atoms with Crippen molar-refractivity contribution in [3.8, 4) is 5.75 Å². The smallest absolute Gasteiger partial charge is 0.273 e. The molecule has 1 fully saturated rings. The second kappa shape index (κ2) is 11.4. The van der Waals surface area contributed by atoms with Crippen LogP contribution in [-0.2, 0) is 4.79 Å². The predicted molar refractivity (Wildman–Crippen MR) is 139 cm³/mol. The van der Waals surface area contributed by atoms with E-state index in [1.54, 1.807) is 31.2 Å². The summed E-state index contributed by atoms with van der Waals surface area (Å²) in [5.74, 6) is -2.11. The van der Waals surface area contributed by atoms with Crippen molar-refractivity contribution in [2.45, 2.75) is 44.7 Å². The summed E-state index contributed by atoms with van der Waals surface area (Å²) in [5, 5.41) is 3.05. The Balaban J connectivity index is 1.89. The van der Waals surface area contributed by atoms with Gasteiger partial charge in [-0.2, -0.15) is 4.37 Å². The fourth-order valence-corrected chi connectivity index (χ4v) is 5.19. The molecule has 1 saturated carbocycles. The van der Waals surface area contributed by atoms with Gasteiger partial charge in [-0.25, -0.2) is 4.39 Å². The largest absolute Gasteiger partial charge is 0.492 e. The van der Waals surface area contributed by atoms with Crippen molar-refractivity contribution < 1.29 is 23.5 Å². The minimum Gasteiger partial charge on any atom is -0.492 e. The van der Waals surface area contributed by atoms with Crippen molar-refractivity contribution in [3.63, 3.8) is 0 Å². The van der Waals surface area contributed by atoms with Crippen LogP contribution in [0.5, 0.6) is 5.75 Å². The highest BCUT2D eigenvalue weighted by atomic mass is 32.1. The Labute approximate surface area is 217 Å². The van der Waals surface area contributed by atoms with Crippen LogP contribution in [0.3, 0.4) is 0 Å². The minimum atomic E-state index is -1.20. The molecule has 9 nitrogen and oxygen atoms in total. The van der Waals surface area contributed by atoms with Crippen LogP contribution in [0.15, 0.2) is 48.5 Å². The van der Waals surface area contributed by atoms with E-state index in [4.69, 9.17) is 16.2 Å². The van der Waals surface area contributed by atoms with Crippen LogP contribution in [0.1, 0.15) is 64.4 Å². The molecule has 1 heterocycles. The van der Waals surface area contributed by atoms with Crippen LogP contribution in [0.4, 0.5) is 15.8 Å². The Bertz CT molecular complexity index is 1290. The van der Waals surface area contributed by atoms with Gasteiger partial charge in [-0.05, 0) is 61.1 Å². The first-order valence-electron chi connectivity index (χ1n) is 12.0. The third-order valence-electron chi connectivity index (χ3n) is 6.19. The van der Waals surface area contributed by atoms with Gasteiger partial charge in [-0.3, -0.25) is 19.3 Å². The number of anilines is 2. The van der Waals surface area contributed by atoms with Crippen LogP contribution in [0.25, 0.3) is 0 Å². The van der Waals surface area contributed by atoms with E-state index in [1.807, 2.05) is 0 Å². The summed E-state index contributed by atoms with van der Waals surface area (Å²) in [5.41, 5.74) is 11.8. The number of benzene rings is 2. The van der Waals surface area contributed by atoms with Gasteiger partial charge in [0.05, 0.1) is 18.0 Å². The quantitative estimate of drug-likeness (QED) is 0.388. The lowest BCUT2D eigenvalue weighted by Gasteiger charge is -2.33. The third kappa shape index (κ3) is 5.56. The van der Waals surface area contributed by atoms with Gasteiger partial charge in [0.25, 0.3) is 11.8 Å². The summed E-state index contributed by atoms with van der Waals surface area (Å²) < 4.78 is 23.6. The zero-order valence-electron chi connectivity index (χ0n) is 20.3. The minimum absolute atomic E-state index is 0.0375. The van der Waals surface area contributed by atoms with E-state index in [9.17, 15) is 18.8 Å². The SMILES string of the molecule is CCOc1ccccc1N(C(=O)c1snc(C(N)=O)c1N)C(C(=O)NC1CCCC1)c1ccc(F)cc1. The average Bonchev–Trinajstić information content (AvgIpc) is 3.53. The van der Waals surface area contributed by atoms with Crippen molar-refractivity contribution in [3.05, 3.63) is 70.5 Å². The lowest BCUT2D eigenvalue weighted by Crippen LogP contribution is -2.46. The van der Waals surface area contributed by atoms with E-state index in [-0.39, 0.29) is 22.3 Å². The summed E-state index contributed by atoms with van der Waals surface area (Å²) >= 11 is 0.715. The van der Waals surface area contributed by atoms with Crippen molar-refractivity contribution in [1.29, 1.82) is 0 Å². The number of nitrogens with two attached hydrogens (primary N) is 2. The van der Waals surface area contributed by atoms with E-state index in [2.05, 4.69) is 9.69 Å². The maximum Gasteiger partial charge on any atom is 0.273 e. The molecule has 0 bridgehead atoms. The monoisotopic (exact) mass is 525 g/mol. The zero-order chi connectivity index (χ0) is 26.5. The van der Waals surface area contributed by atoms with Gasteiger partial charge in [-0.1, -0.05) is 37.1 Å². The summed E-state index contributed by atoms with van der Waals surface area (Å²) in [6.45, 7) is 2.11. The Hall–Kier alpha value is -3.99. The molecule has 1 aliphatic carbocycles. The lowest BCUT2D eigenvalue weighted by atomic mass is 10.0. The number of ether oxygens (including phenoxy) is 1. The number of nitrogen functional groups attached to an aromatic ring is 1. The third-order valence-corrected chi connectivity index (χ3v) is 7.04. The number of rotatable bonds is 9. The molecule has 1 aliphatic rings. The molecule has 1 atom stereocenters. The summed E-state index contributed by atoms with van der Waals surface area (Å²) in [6, 6.07) is 10.9. The number of hydrogen-bond acceptors (Lipinski definition) is 7. The maximum atomic E-state index is 14.1. The van der Waals surface area contributed by atoms with Crippen molar-refractivity contribution >= 4 is 40.6 Å².